The van der Waals surface area contributed by atoms with Crippen molar-refractivity contribution in [2.24, 2.45) is 0 Å². The molecule has 0 spiro atoms. The van der Waals surface area contributed by atoms with E-state index in [2.05, 4.69) is 168 Å². The average Bonchev–Trinajstić information content (AvgIpc) is 3.83. The molecule has 0 aliphatic heterocycles. The molecule has 11 aromatic rings. The van der Waals surface area contributed by atoms with Gasteiger partial charge in [-0.05, 0) is 100 Å². The molecule has 0 fully saturated rings. The first kappa shape index (κ1) is 28.9. The summed E-state index contributed by atoms with van der Waals surface area (Å²) < 4.78 is 4.78. The first-order chi connectivity index (χ1) is 26.0. The van der Waals surface area contributed by atoms with Crippen molar-refractivity contribution in [3.63, 3.8) is 0 Å². The molecule has 0 amide bonds. The van der Waals surface area contributed by atoms with Crippen LogP contribution in [0.3, 0.4) is 0 Å². The maximum atomic E-state index is 5.15. The first-order valence-corrected chi connectivity index (χ1v) is 18.3. The highest BCUT2D eigenvalue weighted by Gasteiger charge is 2.36. The summed E-state index contributed by atoms with van der Waals surface area (Å²) in [5, 5.41) is 7.08. The Morgan fingerprint density at radius 3 is 2.28 bits per heavy atom. The molecule has 0 N–H and O–H groups in total. The van der Waals surface area contributed by atoms with Crippen molar-refractivity contribution in [1.82, 2.24) is 18.9 Å². The normalized spacial score (nSPS) is 13.6. The van der Waals surface area contributed by atoms with Crippen LogP contribution in [0.4, 0.5) is 0 Å². The summed E-state index contributed by atoms with van der Waals surface area (Å²) in [6, 6.07) is 55.5. The summed E-state index contributed by atoms with van der Waals surface area (Å²) in [7, 11) is 0. The van der Waals surface area contributed by atoms with Crippen LogP contribution in [-0.4, -0.2) is 18.9 Å². The summed E-state index contributed by atoms with van der Waals surface area (Å²) in [6.45, 7) is 4.72. The molecule has 1 aliphatic rings. The molecule has 53 heavy (non-hydrogen) atoms. The van der Waals surface area contributed by atoms with Crippen LogP contribution >= 0.6 is 0 Å². The number of fused-ring (bicyclic) bond motifs is 16. The van der Waals surface area contributed by atoms with Crippen LogP contribution in [0.5, 0.6) is 0 Å². The van der Waals surface area contributed by atoms with Crippen LogP contribution in [0.2, 0.25) is 0 Å². The van der Waals surface area contributed by atoms with Gasteiger partial charge >= 0.3 is 0 Å². The zero-order valence-corrected chi connectivity index (χ0v) is 29.3. The predicted molar refractivity (Wildman–Crippen MR) is 220 cm³/mol. The van der Waals surface area contributed by atoms with Crippen molar-refractivity contribution in [2.45, 2.75) is 19.3 Å². The Balaban J connectivity index is 1.11. The fourth-order valence-electron chi connectivity index (χ4n) is 9.43. The van der Waals surface area contributed by atoms with Gasteiger partial charge in [0, 0.05) is 49.6 Å². The minimum atomic E-state index is -0.0812. The molecule has 1 aliphatic carbocycles. The lowest BCUT2D eigenvalue weighted by Gasteiger charge is -2.21. The largest absolute Gasteiger partial charge is 0.309 e. The van der Waals surface area contributed by atoms with Crippen LogP contribution in [-0.2, 0) is 5.41 Å². The van der Waals surface area contributed by atoms with Crippen molar-refractivity contribution in [2.75, 3.05) is 0 Å². The molecule has 4 heteroatoms. The molecule has 0 radical (unpaired) electrons. The topological polar surface area (TPSA) is 35.1 Å². The second kappa shape index (κ2) is 10.2. The predicted octanol–water partition coefficient (Wildman–Crippen LogP) is 12.4. The number of imidazole rings is 1. The third-order valence-corrected chi connectivity index (χ3v) is 11.9. The summed E-state index contributed by atoms with van der Waals surface area (Å²) in [6.07, 6.45) is 1.90. The molecule has 0 saturated heterocycles. The zero-order chi connectivity index (χ0) is 35.0. The molecule has 4 nitrogen and oxygen atoms in total. The summed E-state index contributed by atoms with van der Waals surface area (Å²) in [5.41, 5.74) is 16.5. The highest BCUT2D eigenvalue weighted by molar-refractivity contribution is 6.23. The second-order valence-electron chi connectivity index (χ2n) is 15.0. The number of hydrogen-bond acceptors (Lipinski definition) is 2. The lowest BCUT2D eigenvalue weighted by Crippen LogP contribution is -2.14. The summed E-state index contributed by atoms with van der Waals surface area (Å²) >= 11 is 0. The molecule has 4 heterocycles. The average molecular weight is 677 g/mol. The van der Waals surface area contributed by atoms with Crippen molar-refractivity contribution in [1.29, 1.82) is 0 Å². The van der Waals surface area contributed by atoms with Crippen molar-refractivity contribution < 1.29 is 0 Å². The summed E-state index contributed by atoms with van der Waals surface area (Å²) in [5.74, 6) is 0. The van der Waals surface area contributed by atoms with Gasteiger partial charge in [0.25, 0.3) is 0 Å². The van der Waals surface area contributed by atoms with E-state index in [0.29, 0.717) is 0 Å². The SMILES string of the molecule is CC1(C)c2ccccc2-c2cc3c4ccccc4n(-c4cccc(-c5ccc6c(c5)c5c(ccc7cccnc75)c5nc7ccccc7n65)c4)c3cc21. The van der Waals surface area contributed by atoms with Crippen molar-refractivity contribution in [3.05, 3.63) is 169 Å². The monoisotopic (exact) mass is 676 g/mol. The number of rotatable bonds is 2. The fraction of sp³-hybridized carbons (Fsp3) is 0.0612. The molecule has 4 aromatic heterocycles. The third-order valence-electron chi connectivity index (χ3n) is 11.9. The fourth-order valence-corrected chi connectivity index (χ4v) is 9.43. The molecule has 0 saturated carbocycles. The van der Waals surface area contributed by atoms with E-state index in [1.54, 1.807) is 0 Å². The Labute approximate surface area is 305 Å². The Hall–Kier alpha value is -6.78. The van der Waals surface area contributed by atoms with Crippen molar-refractivity contribution in [3.8, 4) is 27.9 Å². The van der Waals surface area contributed by atoms with Gasteiger partial charge in [0.15, 0.2) is 0 Å². The van der Waals surface area contributed by atoms with E-state index < -0.39 is 0 Å². The Morgan fingerprint density at radius 1 is 0.509 bits per heavy atom. The third kappa shape index (κ3) is 3.79. The minimum absolute atomic E-state index is 0.0812. The van der Waals surface area contributed by atoms with E-state index >= 15 is 0 Å². The van der Waals surface area contributed by atoms with E-state index in [1.807, 2.05) is 12.3 Å². The zero-order valence-electron chi connectivity index (χ0n) is 29.3. The maximum Gasteiger partial charge on any atom is 0.146 e. The van der Waals surface area contributed by atoms with Crippen molar-refractivity contribution >= 4 is 71.1 Å². The lowest BCUT2D eigenvalue weighted by atomic mass is 9.82. The van der Waals surface area contributed by atoms with Gasteiger partial charge in [0.1, 0.15) is 5.65 Å². The number of benzene rings is 7. The maximum absolute atomic E-state index is 5.15. The van der Waals surface area contributed by atoms with Gasteiger partial charge in [-0.25, -0.2) is 4.98 Å². The van der Waals surface area contributed by atoms with Gasteiger partial charge in [0.05, 0.1) is 33.1 Å². The van der Waals surface area contributed by atoms with E-state index in [1.165, 1.54) is 49.6 Å². The molecule has 12 rings (SSSR count). The molecule has 0 unspecified atom stereocenters. The lowest BCUT2D eigenvalue weighted by molar-refractivity contribution is 0.661. The molecular formula is C49H32N4. The van der Waals surface area contributed by atoms with Gasteiger partial charge in [-0.2, -0.15) is 0 Å². The van der Waals surface area contributed by atoms with E-state index in [9.17, 15) is 0 Å². The Morgan fingerprint density at radius 2 is 1.34 bits per heavy atom. The standard InChI is InChI=1S/C49H32N4/c1-49(2)39-16-5-3-14-33(39)36-27-37-34-15-4-7-18-42(34)52(45(37)28-40(36)49)32-13-9-11-30(25-32)31-21-23-43-38(26-31)46-35(22-20-29-12-10-24-50-47(29)46)48-51-41-17-6-8-19-44(41)53(43)48/h3-28H,1-2H3. The van der Waals surface area contributed by atoms with Crippen LogP contribution in [0.15, 0.2) is 158 Å². The number of hydrogen-bond donors (Lipinski definition) is 0. The van der Waals surface area contributed by atoms with Crippen LogP contribution in [0, 0.1) is 0 Å². The minimum Gasteiger partial charge on any atom is -0.309 e. The molecule has 0 bridgehead atoms. The number of nitrogens with zero attached hydrogens (tertiary/aromatic N) is 4. The van der Waals surface area contributed by atoms with E-state index in [4.69, 9.17) is 9.97 Å². The van der Waals surface area contributed by atoms with Gasteiger partial charge in [-0.15, -0.1) is 0 Å². The molecule has 7 aromatic carbocycles. The Kier molecular flexibility index (Phi) is 5.54. The van der Waals surface area contributed by atoms with Gasteiger partial charge in [-0.3, -0.25) is 9.38 Å². The smallest absolute Gasteiger partial charge is 0.146 e. The van der Waals surface area contributed by atoms with E-state index in [-0.39, 0.29) is 5.41 Å². The Bertz CT molecular complexity index is 3380. The highest BCUT2D eigenvalue weighted by Crippen LogP contribution is 2.51. The highest BCUT2D eigenvalue weighted by atomic mass is 15.0. The molecular weight excluding hydrogens is 645 g/mol. The second-order valence-corrected chi connectivity index (χ2v) is 15.0. The summed E-state index contributed by atoms with van der Waals surface area (Å²) in [4.78, 5) is 10.1. The number of aromatic nitrogens is 4. The quantitative estimate of drug-likeness (QED) is 0.171. The van der Waals surface area contributed by atoms with Crippen LogP contribution < -0.4 is 0 Å². The number of pyridine rings is 2. The first-order valence-electron chi connectivity index (χ1n) is 18.3. The van der Waals surface area contributed by atoms with Gasteiger partial charge in [0.2, 0.25) is 0 Å². The molecule has 0 atom stereocenters. The van der Waals surface area contributed by atoms with Gasteiger partial charge in [-0.1, -0.05) is 98.8 Å². The van der Waals surface area contributed by atoms with Crippen LogP contribution in [0.25, 0.3) is 99.0 Å². The van der Waals surface area contributed by atoms with Gasteiger partial charge < -0.3 is 4.57 Å². The number of para-hydroxylation sites is 3. The van der Waals surface area contributed by atoms with E-state index in [0.717, 1.165) is 60.5 Å². The molecule has 248 valence electrons. The van der Waals surface area contributed by atoms with Crippen LogP contribution in [0.1, 0.15) is 25.0 Å².